The molecule has 5 heteroatoms. The summed E-state index contributed by atoms with van der Waals surface area (Å²) >= 11 is 3.51. The fourth-order valence-corrected chi connectivity index (χ4v) is 4.96. The summed E-state index contributed by atoms with van der Waals surface area (Å²) in [6.45, 7) is 4.13. The molecule has 0 aliphatic heterocycles. The molecule has 0 radical (unpaired) electrons. The van der Waals surface area contributed by atoms with Crippen molar-refractivity contribution in [3.05, 3.63) is 34.3 Å². The van der Waals surface area contributed by atoms with E-state index >= 15 is 0 Å². The van der Waals surface area contributed by atoms with Crippen molar-refractivity contribution in [1.29, 1.82) is 0 Å². The number of aromatic nitrogens is 3. The van der Waals surface area contributed by atoms with Gasteiger partial charge in [-0.15, -0.1) is 22.7 Å². The lowest BCUT2D eigenvalue weighted by Crippen LogP contribution is -1.85. The van der Waals surface area contributed by atoms with E-state index in [4.69, 9.17) is 0 Å². The van der Waals surface area contributed by atoms with Crippen molar-refractivity contribution in [1.82, 2.24) is 14.5 Å². The van der Waals surface area contributed by atoms with Gasteiger partial charge in [-0.25, -0.2) is 9.97 Å². The Bertz CT molecular complexity index is 1110. The quantitative estimate of drug-likeness (QED) is 0.394. The lowest BCUT2D eigenvalue weighted by Gasteiger charge is -1.97. The molecule has 0 aliphatic rings. The molecule has 3 heterocycles. The van der Waals surface area contributed by atoms with Crippen molar-refractivity contribution in [3.8, 4) is 0 Å². The first-order valence-electron chi connectivity index (χ1n) is 7.16. The molecule has 0 N–H and O–H groups in total. The molecule has 108 valence electrons. The SMILES string of the molecule is Cc1nc2cc3c4cc5nc(C)sc5cc4n(C)c3cc2s1. The molecule has 0 atom stereocenters. The van der Waals surface area contributed by atoms with E-state index in [1.54, 1.807) is 22.7 Å². The Hall–Kier alpha value is -1.98. The van der Waals surface area contributed by atoms with E-state index in [2.05, 4.69) is 59.7 Å². The van der Waals surface area contributed by atoms with E-state index in [1.807, 2.05) is 0 Å². The predicted molar refractivity (Wildman–Crippen MR) is 96.3 cm³/mol. The fraction of sp³-hybridized carbons (Fsp3) is 0.176. The second-order valence-corrected chi connectivity index (χ2v) is 8.17. The van der Waals surface area contributed by atoms with Gasteiger partial charge < -0.3 is 4.57 Å². The summed E-state index contributed by atoms with van der Waals surface area (Å²) in [5.74, 6) is 0. The van der Waals surface area contributed by atoms with Crippen molar-refractivity contribution in [3.63, 3.8) is 0 Å². The topological polar surface area (TPSA) is 30.7 Å². The summed E-state index contributed by atoms with van der Waals surface area (Å²) in [5.41, 5.74) is 4.72. The van der Waals surface area contributed by atoms with E-state index in [9.17, 15) is 0 Å². The highest BCUT2D eigenvalue weighted by atomic mass is 32.1. The third kappa shape index (κ3) is 1.55. The number of aryl methyl sites for hydroxylation is 3. The number of fused-ring (bicyclic) bond motifs is 5. The number of rotatable bonds is 0. The second kappa shape index (κ2) is 4.06. The Kier molecular flexibility index (Phi) is 2.31. The third-order valence-electron chi connectivity index (χ3n) is 4.24. The van der Waals surface area contributed by atoms with E-state index in [0.29, 0.717) is 0 Å². The molecule has 0 fully saturated rings. The molecule has 0 saturated carbocycles. The van der Waals surface area contributed by atoms with Gasteiger partial charge in [0, 0.05) is 17.8 Å². The zero-order valence-electron chi connectivity index (χ0n) is 12.5. The zero-order valence-corrected chi connectivity index (χ0v) is 14.1. The van der Waals surface area contributed by atoms with Crippen molar-refractivity contribution >= 4 is 64.9 Å². The molecular weight excluding hydrogens is 310 g/mol. The smallest absolute Gasteiger partial charge is 0.0907 e. The largest absolute Gasteiger partial charge is 0.344 e. The minimum atomic E-state index is 1.09. The van der Waals surface area contributed by atoms with Gasteiger partial charge in [0.1, 0.15) is 0 Å². The Morgan fingerprint density at radius 3 is 1.68 bits per heavy atom. The van der Waals surface area contributed by atoms with Gasteiger partial charge in [-0.3, -0.25) is 0 Å². The average molecular weight is 323 g/mol. The highest BCUT2D eigenvalue weighted by Crippen LogP contribution is 2.36. The van der Waals surface area contributed by atoms with E-state index in [0.717, 1.165) is 21.0 Å². The zero-order chi connectivity index (χ0) is 15.0. The van der Waals surface area contributed by atoms with Crippen LogP contribution in [0.4, 0.5) is 0 Å². The predicted octanol–water partition coefficient (Wildman–Crippen LogP) is 5.17. The Morgan fingerprint density at radius 2 is 1.23 bits per heavy atom. The molecule has 0 spiro atoms. The number of thiazole rings is 2. The van der Waals surface area contributed by atoms with Gasteiger partial charge in [0.05, 0.1) is 41.5 Å². The van der Waals surface area contributed by atoms with Crippen LogP contribution < -0.4 is 0 Å². The normalized spacial score (nSPS) is 12.3. The monoisotopic (exact) mass is 323 g/mol. The lowest BCUT2D eigenvalue weighted by atomic mass is 10.1. The highest BCUT2D eigenvalue weighted by molar-refractivity contribution is 7.18. The number of benzene rings is 2. The molecule has 0 bridgehead atoms. The van der Waals surface area contributed by atoms with Crippen molar-refractivity contribution in [2.24, 2.45) is 7.05 Å². The summed E-state index contributed by atoms with van der Waals surface area (Å²) in [7, 11) is 2.14. The molecule has 0 unspecified atom stereocenters. The van der Waals surface area contributed by atoms with Crippen LogP contribution in [-0.4, -0.2) is 14.5 Å². The van der Waals surface area contributed by atoms with Crippen LogP contribution in [0.2, 0.25) is 0 Å². The van der Waals surface area contributed by atoms with E-state index < -0.39 is 0 Å². The molecular formula is C17H13N3S2. The lowest BCUT2D eigenvalue weighted by molar-refractivity contribution is 1.02. The van der Waals surface area contributed by atoms with Crippen LogP contribution in [0.25, 0.3) is 42.2 Å². The van der Waals surface area contributed by atoms with Gasteiger partial charge in [-0.2, -0.15) is 0 Å². The first-order valence-corrected chi connectivity index (χ1v) is 8.80. The summed E-state index contributed by atoms with van der Waals surface area (Å²) in [5, 5.41) is 4.77. The maximum Gasteiger partial charge on any atom is 0.0907 e. The molecule has 0 saturated heterocycles. The number of nitrogens with zero attached hydrogens (tertiary/aromatic N) is 3. The molecule has 3 nitrogen and oxygen atoms in total. The molecule has 0 aliphatic carbocycles. The van der Waals surface area contributed by atoms with Crippen LogP contribution in [-0.2, 0) is 7.05 Å². The molecule has 22 heavy (non-hydrogen) atoms. The summed E-state index contributed by atoms with van der Waals surface area (Å²) in [6.07, 6.45) is 0. The maximum absolute atomic E-state index is 4.64. The van der Waals surface area contributed by atoms with Crippen LogP contribution in [0.5, 0.6) is 0 Å². The summed E-state index contributed by atoms with van der Waals surface area (Å²) < 4.78 is 4.80. The first kappa shape index (κ1) is 12.6. The Morgan fingerprint density at radius 1 is 0.773 bits per heavy atom. The van der Waals surface area contributed by atoms with Crippen LogP contribution in [0.1, 0.15) is 10.0 Å². The Labute approximate surface area is 134 Å². The maximum atomic E-state index is 4.64. The van der Waals surface area contributed by atoms with Crippen molar-refractivity contribution in [2.45, 2.75) is 13.8 Å². The second-order valence-electron chi connectivity index (χ2n) is 5.70. The van der Waals surface area contributed by atoms with Crippen LogP contribution >= 0.6 is 22.7 Å². The molecule has 0 amide bonds. The van der Waals surface area contributed by atoms with Gasteiger partial charge in [0.25, 0.3) is 0 Å². The van der Waals surface area contributed by atoms with Crippen molar-refractivity contribution in [2.75, 3.05) is 0 Å². The highest BCUT2D eigenvalue weighted by Gasteiger charge is 2.13. The van der Waals surface area contributed by atoms with E-state index in [-0.39, 0.29) is 0 Å². The third-order valence-corrected chi connectivity index (χ3v) is 6.11. The van der Waals surface area contributed by atoms with E-state index in [1.165, 1.54) is 31.2 Å². The summed E-state index contributed by atoms with van der Waals surface area (Å²) in [6, 6.07) is 8.98. The van der Waals surface area contributed by atoms with Gasteiger partial charge in [-0.05, 0) is 38.1 Å². The first-order chi connectivity index (χ1) is 10.6. The number of hydrogen-bond acceptors (Lipinski definition) is 4. The van der Waals surface area contributed by atoms with Gasteiger partial charge in [-0.1, -0.05) is 0 Å². The minimum absolute atomic E-state index is 1.09. The van der Waals surface area contributed by atoms with Crippen LogP contribution in [0, 0.1) is 13.8 Å². The average Bonchev–Trinajstić information content (AvgIpc) is 3.09. The molecule has 5 aromatic rings. The summed E-state index contributed by atoms with van der Waals surface area (Å²) in [4.78, 5) is 9.28. The van der Waals surface area contributed by atoms with Gasteiger partial charge in [0.15, 0.2) is 0 Å². The standard InChI is InChI=1S/C17H13N3S2/c1-8-18-12-4-10-11-5-13-17(22-9(2)19-13)7-15(11)20(3)14(10)6-16(12)21-8/h4-7H,1-3H3. The van der Waals surface area contributed by atoms with Crippen LogP contribution in [0.15, 0.2) is 24.3 Å². The molecule has 2 aromatic carbocycles. The van der Waals surface area contributed by atoms with Crippen molar-refractivity contribution < 1.29 is 0 Å². The number of hydrogen-bond donors (Lipinski definition) is 0. The van der Waals surface area contributed by atoms with Crippen LogP contribution in [0.3, 0.4) is 0 Å². The fourth-order valence-electron chi connectivity index (χ4n) is 3.27. The van der Waals surface area contributed by atoms with Gasteiger partial charge >= 0.3 is 0 Å². The van der Waals surface area contributed by atoms with Gasteiger partial charge in [0.2, 0.25) is 0 Å². The molecule has 5 rings (SSSR count). The Balaban J connectivity index is 2.02. The molecule has 3 aromatic heterocycles. The minimum Gasteiger partial charge on any atom is -0.344 e.